The predicted octanol–water partition coefficient (Wildman–Crippen LogP) is 3.56. The zero-order valence-corrected chi connectivity index (χ0v) is 16.0. The van der Waals surface area contributed by atoms with Gasteiger partial charge in [-0.15, -0.1) is 0 Å². The van der Waals surface area contributed by atoms with Crippen LogP contribution in [0.25, 0.3) is 0 Å². The van der Waals surface area contributed by atoms with Gasteiger partial charge in [0, 0.05) is 6.07 Å². The lowest BCUT2D eigenvalue weighted by molar-refractivity contribution is -0.118. The predicted molar refractivity (Wildman–Crippen MR) is 101 cm³/mol. The molecule has 0 radical (unpaired) electrons. The molecule has 0 spiro atoms. The Balaban J connectivity index is 2.04. The number of aryl methyl sites for hydroxylation is 2. The lowest BCUT2D eigenvalue weighted by atomic mass is 9.99. The summed E-state index contributed by atoms with van der Waals surface area (Å²) in [7, 11) is -3.81. The Morgan fingerprint density at radius 2 is 1.88 bits per heavy atom. The normalized spacial score (nSPS) is 13.8. The van der Waals surface area contributed by atoms with Gasteiger partial charge in [0.05, 0.1) is 16.3 Å². The first kappa shape index (κ1) is 18.3. The Hall–Kier alpha value is -2.54. The molecule has 0 aromatic heterocycles. The third-order valence-corrected chi connectivity index (χ3v) is 5.85. The van der Waals surface area contributed by atoms with Crippen LogP contribution in [-0.4, -0.2) is 20.9 Å². The fraction of sp³-hybridized carbons (Fsp3) is 0.316. The molecule has 1 heterocycles. The second-order valence-electron chi connectivity index (χ2n) is 6.75. The average Bonchev–Trinajstić information content (AvgIpc) is 2.55. The molecule has 0 fully saturated rings. The van der Waals surface area contributed by atoms with E-state index in [9.17, 15) is 13.2 Å². The van der Waals surface area contributed by atoms with Crippen LogP contribution in [0.5, 0.6) is 5.75 Å². The quantitative estimate of drug-likeness (QED) is 0.857. The Kier molecular flexibility index (Phi) is 4.66. The van der Waals surface area contributed by atoms with Gasteiger partial charge in [0.15, 0.2) is 6.61 Å². The van der Waals surface area contributed by atoms with E-state index in [1.807, 2.05) is 39.0 Å². The number of anilines is 2. The van der Waals surface area contributed by atoms with Crippen molar-refractivity contribution in [2.24, 2.45) is 0 Å². The van der Waals surface area contributed by atoms with Crippen LogP contribution in [-0.2, 0) is 14.8 Å². The van der Waals surface area contributed by atoms with Crippen LogP contribution in [0.3, 0.4) is 0 Å². The monoisotopic (exact) mass is 374 g/mol. The fourth-order valence-corrected chi connectivity index (χ4v) is 4.41. The minimum atomic E-state index is -3.81. The molecule has 0 bridgehead atoms. The number of benzene rings is 2. The number of para-hydroxylation sites is 1. The highest BCUT2D eigenvalue weighted by Gasteiger charge is 2.25. The number of nitrogens with one attached hydrogen (secondary N) is 2. The van der Waals surface area contributed by atoms with Crippen LogP contribution in [0.15, 0.2) is 35.2 Å². The third kappa shape index (κ3) is 3.39. The fourth-order valence-electron chi connectivity index (χ4n) is 3.01. The summed E-state index contributed by atoms with van der Waals surface area (Å²) in [6.07, 6.45) is 0. The van der Waals surface area contributed by atoms with E-state index in [-0.39, 0.29) is 23.3 Å². The molecule has 0 aliphatic carbocycles. The van der Waals surface area contributed by atoms with E-state index in [2.05, 4.69) is 10.0 Å². The summed E-state index contributed by atoms with van der Waals surface area (Å²) in [6.45, 7) is 7.48. The van der Waals surface area contributed by atoms with Crippen LogP contribution in [0.4, 0.5) is 11.4 Å². The summed E-state index contributed by atoms with van der Waals surface area (Å²) in [6, 6.07) is 8.79. The maximum absolute atomic E-state index is 13.0. The lowest BCUT2D eigenvalue weighted by Crippen LogP contribution is -2.26. The van der Waals surface area contributed by atoms with E-state index in [1.54, 1.807) is 13.0 Å². The van der Waals surface area contributed by atoms with Crippen molar-refractivity contribution in [2.75, 3.05) is 16.6 Å². The largest absolute Gasteiger partial charge is 0.482 e. The van der Waals surface area contributed by atoms with Crippen molar-refractivity contribution in [2.45, 2.75) is 38.5 Å². The van der Waals surface area contributed by atoms with Gasteiger partial charge in [-0.05, 0) is 42.5 Å². The van der Waals surface area contributed by atoms with Crippen molar-refractivity contribution in [1.82, 2.24) is 0 Å². The van der Waals surface area contributed by atoms with E-state index < -0.39 is 10.0 Å². The van der Waals surface area contributed by atoms with Crippen molar-refractivity contribution in [1.29, 1.82) is 0 Å². The van der Waals surface area contributed by atoms with Crippen LogP contribution in [0, 0.1) is 13.8 Å². The Labute approximate surface area is 153 Å². The molecule has 2 aromatic carbocycles. The molecule has 1 aliphatic heterocycles. The molecule has 2 N–H and O–H groups in total. The van der Waals surface area contributed by atoms with Crippen molar-refractivity contribution in [3.8, 4) is 5.75 Å². The second-order valence-corrected chi connectivity index (χ2v) is 8.40. The van der Waals surface area contributed by atoms with Gasteiger partial charge in [-0.25, -0.2) is 8.42 Å². The Morgan fingerprint density at radius 1 is 1.15 bits per heavy atom. The molecule has 0 unspecified atom stereocenters. The first-order valence-electron chi connectivity index (χ1n) is 8.38. The van der Waals surface area contributed by atoms with Gasteiger partial charge in [0.25, 0.3) is 15.9 Å². The van der Waals surface area contributed by atoms with E-state index in [0.29, 0.717) is 22.7 Å². The van der Waals surface area contributed by atoms with Gasteiger partial charge in [0.1, 0.15) is 5.75 Å². The lowest BCUT2D eigenvalue weighted by Gasteiger charge is -2.21. The number of hydrogen-bond donors (Lipinski definition) is 2. The maximum Gasteiger partial charge on any atom is 0.262 e. The Morgan fingerprint density at radius 3 is 2.58 bits per heavy atom. The zero-order chi connectivity index (χ0) is 19.1. The molecular formula is C19H22N2O4S. The van der Waals surface area contributed by atoms with E-state index in [4.69, 9.17) is 4.74 Å². The van der Waals surface area contributed by atoms with Crippen LogP contribution in [0.2, 0.25) is 0 Å². The highest BCUT2D eigenvalue weighted by atomic mass is 32.2. The highest BCUT2D eigenvalue weighted by Crippen LogP contribution is 2.35. The van der Waals surface area contributed by atoms with Crippen molar-refractivity contribution in [3.63, 3.8) is 0 Å². The molecule has 1 amide bonds. The molecule has 1 aliphatic rings. The summed E-state index contributed by atoms with van der Waals surface area (Å²) in [5.41, 5.74) is 3.42. The van der Waals surface area contributed by atoms with Gasteiger partial charge in [-0.1, -0.05) is 32.0 Å². The number of hydrogen-bond acceptors (Lipinski definition) is 4. The maximum atomic E-state index is 13.0. The molecular weight excluding hydrogens is 352 g/mol. The second kappa shape index (κ2) is 6.64. The smallest absolute Gasteiger partial charge is 0.262 e. The van der Waals surface area contributed by atoms with Gasteiger partial charge < -0.3 is 10.1 Å². The molecule has 0 atom stereocenters. The number of fused-ring (bicyclic) bond motifs is 1. The molecule has 6 nitrogen and oxygen atoms in total. The van der Waals surface area contributed by atoms with Crippen LogP contribution in [0.1, 0.15) is 36.5 Å². The minimum absolute atomic E-state index is 0.127. The van der Waals surface area contributed by atoms with Gasteiger partial charge in [-0.2, -0.15) is 0 Å². The first-order chi connectivity index (χ1) is 12.2. The first-order valence-corrected chi connectivity index (χ1v) is 9.87. The van der Waals surface area contributed by atoms with Gasteiger partial charge >= 0.3 is 0 Å². The molecule has 26 heavy (non-hydrogen) atoms. The standard InChI is InChI=1S/C19H22N2O4S/c1-11(2)14-7-5-6-12(3)19(14)21-26(23,24)17-9-16-15(8-13(17)4)20-18(22)10-25-16/h5-9,11,21H,10H2,1-4H3,(H,20,22). The van der Waals surface area contributed by atoms with Gasteiger partial charge in [0.2, 0.25) is 0 Å². The number of rotatable bonds is 4. The minimum Gasteiger partial charge on any atom is -0.482 e. The summed E-state index contributed by atoms with van der Waals surface area (Å²) in [5.74, 6) is 0.271. The molecule has 3 rings (SSSR count). The topological polar surface area (TPSA) is 84.5 Å². The number of ether oxygens (including phenoxy) is 1. The number of carbonyl (C=O) groups excluding carboxylic acids is 1. The molecule has 0 saturated heterocycles. The summed E-state index contributed by atoms with van der Waals surface area (Å²) in [4.78, 5) is 11.6. The number of amides is 1. The molecule has 7 heteroatoms. The van der Waals surface area contributed by atoms with E-state index in [1.165, 1.54) is 6.07 Å². The number of carbonyl (C=O) groups is 1. The molecule has 0 saturated carbocycles. The van der Waals surface area contributed by atoms with Crippen LogP contribution >= 0.6 is 0 Å². The third-order valence-electron chi connectivity index (χ3n) is 4.36. The SMILES string of the molecule is Cc1cc2c(cc1S(=O)(=O)Nc1c(C)cccc1C(C)C)OCC(=O)N2. The van der Waals surface area contributed by atoms with Gasteiger partial charge in [-0.3, -0.25) is 9.52 Å². The molecule has 2 aromatic rings. The van der Waals surface area contributed by atoms with Crippen molar-refractivity contribution >= 4 is 27.3 Å². The van der Waals surface area contributed by atoms with Crippen LogP contribution < -0.4 is 14.8 Å². The van der Waals surface area contributed by atoms with E-state index in [0.717, 1.165) is 11.1 Å². The number of sulfonamides is 1. The summed E-state index contributed by atoms with van der Waals surface area (Å²) in [5, 5.41) is 2.68. The summed E-state index contributed by atoms with van der Waals surface area (Å²) < 4.78 is 34.2. The highest BCUT2D eigenvalue weighted by molar-refractivity contribution is 7.92. The molecule has 138 valence electrons. The zero-order valence-electron chi connectivity index (χ0n) is 15.2. The van der Waals surface area contributed by atoms with Crippen molar-refractivity contribution in [3.05, 3.63) is 47.0 Å². The van der Waals surface area contributed by atoms with E-state index >= 15 is 0 Å². The Bertz CT molecular complexity index is 981. The average molecular weight is 374 g/mol. The summed E-state index contributed by atoms with van der Waals surface area (Å²) >= 11 is 0. The van der Waals surface area contributed by atoms with Crippen molar-refractivity contribution < 1.29 is 17.9 Å².